The molecule has 0 aliphatic carbocycles. The lowest BCUT2D eigenvalue weighted by Crippen LogP contribution is -2.41. The normalized spacial score (nSPS) is 11.3. The van der Waals surface area contributed by atoms with E-state index >= 15 is 0 Å². The Kier molecular flexibility index (Phi) is 9.91. The highest BCUT2D eigenvalue weighted by Crippen LogP contribution is 2.25. The van der Waals surface area contributed by atoms with Gasteiger partial charge in [0.2, 0.25) is 5.91 Å². The summed E-state index contributed by atoms with van der Waals surface area (Å²) < 4.78 is 52.4. The van der Waals surface area contributed by atoms with Crippen molar-refractivity contribution in [3.8, 4) is 11.5 Å². The fourth-order valence-electron chi connectivity index (χ4n) is 3.64. The number of anilines is 1. The zero-order chi connectivity index (χ0) is 26.8. The Morgan fingerprint density at radius 3 is 2.16 bits per heavy atom. The molecular weight excluding hydrogens is 495 g/mol. The molecule has 0 bridgehead atoms. The fraction of sp³-hybridized carbons (Fsp3) is 0.321. The summed E-state index contributed by atoms with van der Waals surface area (Å²) in [6.45, 7) is 6.16. The zero-order valence-electron chi connectivity index (χ0n) is 21.3. The molecule has 0 saturated carbocycles. The van der Waals surface area contributed by atoms with Crippen LogP contribution in [-0.4, -0.2) is 40.1 Å². The third kappa shape index (κ3) is 8.21. The molecule has 3 rings (SSSR count). The summed E-state index contributed by atoms with van der Waals surface area (Å²) in [4.78, 5) is 12.7. The first kappa shape index (κ1) is 28.0. The number of nitrogens with zero attached hydrogens (tertiary/aromatic N) is 1. The van der Waals surface area contributed by atoms with Crippen molar-refractivity contribution in [2.45, 2.75) is 44.6 Å². The molecule has 0 aliphatic rings. The molecule has 37 heavy (non-hydrogen) atoms. The molecule has 0 radical (unpaired) electrons. The van der Waals surface area contributed by atoms with E-state index in [0.717, 1.165) is 34.2 Å². The first-order valence-corrected chi connectivity index (χ1v) is 13.7. The van der Waals surface area contributed by atoms with E-state index in [0.29, 0.717) is 25.3 Å². The first-order valence-electron chi connectivity index (χ1n) is 12.2. The Hall–Kier alpha value is -3.59. The Balaban J connectivity index is 1.64. The summed E-state index contributed by atoms with van der Waals surface area (Å²) in [6.07, 6.45) is 1.53. The van der Waals surface area contributed by atoms with Gasteiger partial charge in [-0.1, -0.05) is 12.1 Å². The van der Waals surface area contributed by atoms with Gasteiger partial charge in [-0.05, 0) is 99.8 Å². The highest BCUT2D eigenvalue weighted by Gasteiger charge is 2.27. The fourth-order valence-corrected chi connectivity index (χ4v) is 5.06. The highest BCUT2D eigenvalue weighted by atomic mass is 32.2. The Labute approximate surface area is 218 Å². The molecule has 0 spiro atoms. The number of benzene rings is 3. The lowest BCUT2D eigenvalue weighted by Gasteiger charge is -2.24. The smallest absolute Gasteiger partial charge is 0.264 e. The molecule has 0 saturated heterocycles. The average Bonchev–Trinajstić information content (AvgIpc) is 2.87. The zero-order valence-corrected chi connectivity index (χ0v) is 22.1. The molecule has 0 atom stereocenters. The van der Waals surface area contributed by atoms with Gasteiger partial charge in [-0.25, -0.2) is 12.8 Å². The van der Waals surface area contributed by atoms with Crippen molar-refractivity contribution >= 4 is 21.6 Å². The topological polar surface area (TPSA) is 84.9 Å². The molecule has 0 unspecified atom stereocenters. The summed E-state index contributed by atoms with van der Waals surface area (Å²) in [5.74, 6) is 0.381. The maximum absolute atomic E-state index is 13.5. The second-order valence-electron chi connectivity index (χ2n) is 8.66. The predicted molar refractivity (Wildman–Crippen MR) is 142 cm³/mol. The van der Waals surface area contributed by atoms with Gasteiger partial charge in [-0.2, -0.15) is 0 Å². The van der Waals surface area contributed by atoms with Crippen molar-refractivity contribution in [1.82, 2.24) is 5.32 Å². The van der Waals surface area contributed by atoms with Crippen molar-refractivity contribution in [3.63, 3.8) is 0 Å². The van der Waals surface area contributed by atoms with Gasteiger partial charge >= 0.3 is 0 Å². The van der Waals surface area contributed by atoms with Gasteiger partial charge in [0.15, 0.2) is 0 Å². The number of halogens is 1. The summed E-state index contributed by atoms with van der Waals surface area (Å²) in [5.41, 5.74) is 1.30. The summed E-state index contributed by atoms with van der Waals surface area (Å²) in [5, 5.41) is 2.79. The standard InChI is InChI=1S/C28H33FN2O5S/c1-4-35-25-15-17-27(18-16-25)37(33,34)31(24-11-9-23(29)10-12-24)20-28(32)30-19-5-6-22-7-13-26(14-8-22)36-21(2)3/h7-18,21H,4-6,19-20H2,1-3H3,(H,30,32). The van der Waals surface area contributed by atoms with Crippen molar-refractivity contribution in [1.29, 1.82) is 0 Å². The second kappa shape index (κ2) is 13.1. The quantitative estimate of drug-likeness (QED) is 0.317. The second-order valence-corrected chi connectivity index (χ2v) is 10.5. The van der Waals surface area contributed by atoms with Crippen molar-refractivity contribution in [2.24, 2.45) is 0 Å². The largest absolute Gasteiger partial charge is 0.494 e. The van der Waals surface area contributed by atoms with E-state index in [4.69, 9.17) is 9.47 Å². The van der Waals surface area contributed by atoms with Crippen LogP contribution in [0.4, 0.5) is 10.1 Å². The van der Waals surface area contributed by atoms with Gasteiger partial charge in [0.25, 0.3) is 10.0 Å². The minimum atomic E-state index is -4.10. The SMILES string of the molecule is CCOc1ccc(S(=O)(=O)N(CC(=O)NCCCc2ccc(OC(C)C)cc2)c2ccc(F)cc2)cc1. The molecule has 0 aromatic heterocycles. The van der Waals surface area contributed by atoms with Crippen LogP contribution in [0.1, 0.15) is 32.8 Å². The average molecular weight is 529 g/mol. The molecule has 1 amide bonds. The summed E-state index contributed by atoms with van der Waals surface area (Å²) >= 11 is 0. The minimum absolute atomic E-state index is 0.00188. The number of carbonyl (C=O) groups excluding carboxylic acids is 1. The Bertz CT molecular complexity index is 1250. The third-order valence-electron chi connectivity index (χ3n) is 5.38. The van der Waals surface area contributed by atoms with Gasteiger partial charge < -0.3 is 14.8 Å². The molecule has 3 aromatic rings. The number of hydrogen-bond donors (Lipinski definition) is 1. The van der Waals surface area contributed by atoms with Crippen LogP contribution in [0, 0.1) is 5.82 Å². The summed E-state index contributed by atoms with van der Waals surface area (Å²) in [7, 11) is -4.10. The summed E-state index contributed by atoms with van der Waals surface area (Å²) in [6, 6.07) is 18.7. The van der Waals surface area contributed by atoms with Gasteiger partial charge in [0.05, 0.1) is 23.3 Å². The maximum atomic E-state index is 13.5. The van der Waals surface area contributed by atoms with Gasteiger partial charge in [-0.15, -0.1) is 0 Å². The molecule has 0 fully saturated rings. The van der Waals surface area contributed by atoms with Crippen LogP contribution in [-0.2, 0) is 21.2 Å². The molecule has 0 heterocycles. The van der Waals surface area contributed by atoms with E-state index < -0.39 is 28.3 Å². The Morgan fingerprint density at radius 2 is 1.57 bits per heavy atom. The van der Waals surface area contributed by atoms with Crippen molar-refractivity contribution < 1.29 is 27.1 Å². The highest BCUT2D eigenvalue weighted by molar-refractivity contribution is 7.92. The van der Waals surface area contributed by atoms with Gasteiger partial charge in [0, 0.05) is 6.54 Å². The molecule has 1 N–H and O–H groups in total. The Morgan fingerprint density at radius 1 is 0.946 bits per heavy atom. The van der Waals surface area contributed by atoms with E-state index in [-0.39, 0.29) is 16.7 Å². The van der Waals surface area contributed by atoms with E-state index in [2.05, 4.69) is 5.32 Å². The number of carbonyl (C=O) groups is 1. The monoisotopic (exact) mass is 528 g/mol. The molecular formula is C28H33FN2O5S. The number of aryl methyl sites for hydroxylation is 1. The van der Waals surface area contributed by atoms with E-state index in [9.17, 15) is 17.6 Å². The number of rotatable bonds is 13. The molecule has 3 aromatic carbocycles. The van der Waals surface area contributed by atoms with Crippen LogP contribution in [0.3, 0.4) is 0 Å². The number of nitrogens with one attached hydrogen (secondary N) is 1. The lowest BCUT2D eigenvalue weighted by molar-refractivity contribution is -0.119. The van der Waals surface area contributed by atoms with E-state index in [1.165, 1.54) is 24.3 Å². The van der Waals surface area contributed by atoms with Crippen LogP contribution in [0.2, 0.25) is 0 Å². The number of hydrogen-bond acceptors (Lipinski definition) is 5. The maximum Gasteiger partial charge on any atom is 0.264 e. The van der Waals surface area contributed by atoms with Crippen LogP contribution in [0.5, 0.6) is 11.5 Å². The van der Waals surface area contributed by atoms with Crippen LogP contribution >= 0.6 is 0 Å². The van der Waals surface area contributed by atoms with Crippen LogP contribution < -0.4 is 19.1 Å². The number of sulfonamides is 1. The molecule has 198 valence electrons. The number of amides is 1. The number of ether oxygens (including phenoxy) is 2. The van der Waals surface area contributed by atoms with E-state index in [1.54, 1.807) is 12.1 Å². The third-order valence-corrected chi connectivity index (χ3v) is 7.17. The minimum Gasteiger partial charge on any atom is -0.494 e. The molecule has 9 heteroatoms. The van der Waals surface area contributed by atoms with Gasteiger partial charge in [-0.3, -0.25) is 9.10 Å². The van der Waals surface area contributed by atoms with Crippen molar-refractivity contribution in [3.05, 3.63) is 84.2 Å². The van der Waals surface area contributed by atoms with Crippen molar-refractivity contribution in [2.75, 3.05) is 24.0 Å². The predicted octanol–water partition coefficient (Wildman–Crippen LogP) is 4.96. The van der Waals surface area contributed by atoms with Crippen LogP contribution in [0.25, 0.3) is 0 Å². The lowest BCUT2D eigenvalue weighted by atomic mass is 10.1. The molecule has 7 nitrogen and oxygen atoms in total. The van der Waals surface area contributed by atoms with E-state index in [1.807, 2.05) is 45.0 Å². The molecule has 0 aliphatic heterocycles. The van der Waals surface area contributed by atoms with Crippen LogP contribution in [0.15, 0.2) is 77.7 Å². The first-order chi connectivity index (χ1) is 17.7. The van der Waals surface area contributed by atoms with Gasteiger partial charge in [0.1, 0.15) is 23.9 Å².